The fraction of sp³-hybridized carbons (Fsp3) is 0.385. The number of ketones is 2. The maximum atomic E-state index is 11.5. The lowest BCUT2D eigenvalue weighted by Gasteiger charge is -2.05. The molecule has 0 aliphatic heterocycles. The van der Waals surface area contributed by atoms with E-state index < -0.39 is 0 Å². The van der Waals surface area contributed by atoms with Gasteiger partial charge in [-0.2, -0.15) is 0 Å². The molecular weight excluding hydrogens is 188 g/mol. The van der Waals surface area contributed by atoms with E-state index in [4.69, 9.17) is 0 Å². The van der Waals surface area contributed by atoms with Gasteiger partial charge in [0.05, 0.1) is 0 Å². The third kappa shape index (κ3) is 3.31. The Kier molecular flexibility index (Phi) is 4.22. The highest BCUT2D eigenvalue weighted by Gasteiger charge is 2.09. The van der Waals surface area contributed by atoms with Crippen LogP contribution < -0.4 is 0 Å². The topological polar surface area (TPSA) is 34.1 Å². The van der Waals surface area contributed by atoms with Crippen LogP contribution in [0.1, 0.15) is 42.6 Å². The molecule has 0 bridgehead atoms. The summed E-state index contributed by atoms with van der Waals surface area (Å²) in [5.41, 5.74) is 1.52. The first-order valence-electron chi connectivity index (χ1n) is 5.25. The molecule has 1 aromatic carbocycles. The van der Waals surface area contributed by atoms with Crippen LogP contribution in [-0.4, -0.2) is 11.6 Å². The molecule has 0 atom stereocenters. The van der Waals surface area contributed by atoms with Gasteiger partial charge in [0.2, 0.25) is 0 Å². The highest BCUT2D eigenvalue weighted by molar-refractivity contribution is 5.97. The molecule has 1 rings (SSSR count). The van der Waals surface area contributed by atoms with Crippen molar-refractivity contribution in [2.45, 2.75) is 33.1 Å². The lowest BCUT2D eigenvalue weighted by Crippen LogP contribution is -2.06. The van der Waals surface area contributed by atoms with Crippen LogP contribution in [0.5, 0.6) is 0 Å². The van der Waals surface area contributed by atoms with Gasteiger partial charge in [0.1, 0.15) is 5.78 Å². The number of hydrogen-bond acceptors (Lipinski definition) is 2. The maximum absolute atomic E-state index is 11.5. The van der Waals surface area contributed by atoms with Gasteiger partial charge < -0.3 is 0 Å². The highest BCUT2D eigenvalue weighted by atomic mass is 16.1. The van der Waals surface area contributed by atoms with Gasteiger partial charge in [0.25, 0.3) is 0 Å². The van der Waals surface area contributed by atoms with E-state index in [1.165, 1.54) is 6.92 Å². The molecule has 0 N–H and O–H groups in total. The summed E-state index contributed by atoms with van der Waals surface area (Å²) in [5.74, 6) is 0.223. The molecular formula is C13H16O2. The average Bonchev–Trinajstić information content (AvgIpc) is 2.18. The van der Waals surface area contributed by atoms with E-state index in [0.717, 1.165) is 12.0 Å². The Balaban J connectivity index is 2.84. The molecule has 0 saturated heterocycles. The fourth-order valence-electron chi connectivity index (χ4n) is 1.60. The summed E-state index contributed by atoms with van der Waals surface area (Å²) >= 11 is 0. The van der Waals surface area contributed by atoms with Crippen molar-refractivity contribution in [3.05, 3.63) is 35.4 Å². The van der Waals surface area contributed by atoms with Crippen LogP contribution in [0.3, 0.4) is 0 Å². The normalized spacial score (nSPS) is 10.0. The van der Waals surface area contributed by atoms with Crippen LogP contribution in [0.2, 0.25) is 0 Å². The van der Waals surface area contributed by atoms with Crippen molar-refractivity contribution in [2.75, 3.05) is 0 Å². The van der Waals surface area contributed by atoms with Crippen LogP contribution in [0.4, 0.5) is 0 Å². The second-order valence-electron chi connectivity index (χ2n) is 3.68. The summed E-state index contributed by atoms with van der Waals surface area (Å²) in [6.07, 6.45) is 1.83. The molecule has 0 aliphatic rings. The van der Waals surface area contributed by atoms with Crippen molar-refractivity contribution in [1.29, 1.82) is 0 Å². The first kappa shape index (κ1) is 11.6. The lowest BCUT2D eigenvalue weighted by molar-refractivity contribution is -0.118. The van der Waals surface area contributed by atoms with Crippen LogP contribution in [-0.2, 0) is 11.2 Å². The first-order chi connectivity index (χ1) is 7.15. The van der Waals surface area contributed by atoms with Crippen molar-refractivity contribution >= 4 is 11.6 Å². The maximum Gasteiger partial charge on any atom is 0.160 e. The molecule has 2 heteroatoms. The molecule has 0 aromatic heterocycles. The Bertz CT molecular complexity index is 367. The van der Waals surface area contributed by atoms with Gasteiger partial charge in [-0.3, -0.25) is 9.59 Å². The summed E-state index contributed by atoms with van der Waals surface area (Å²) in [6.45, 7) is 3.51. The van der Waals surface area contributed by atoms with Gasteiger partial charge in [-0.1, -0.05) is 31.2 Å². The minimum atomic E-state index is 0.0231. The Labute approximate surface area is 90.3 Å². The number of Topliss-reactive ketones (excluding diaryl/α,β-unsaturated/α-hetero) is 2. The van der Waals surface area contributed by atoms with E-state index in [9.17, 15) is 9.59 Å². The van der Waals surface area contributed by atoms with E-state index in [0.29, 0.717) is 18.4 Å². The van der Waals surface area contributed by atoms with Crippen molar-refractivity contribution in [1.82, 2.24) is 0 Å². The number of hydrogen-bond donors (Lipinski definition) is 0. The third-order valence-corrected chi connectivity index (χ3v) is 2.31. The van der Waals surface area contributed by atoms with E-state index >= 15 is 0 Å². The van der Waals surface area contributed by atoms with Gasteiger partial charge in [-0.25, -0.2) is 0 Å². The van der Waals surface area contributed by atoms with E-state index in [1.54, 1.807) is 6.07 Å². The largest absolute Gasteiger partial charge is 0.299 e. The number of rotatable bonds is 5. The zero-order valence-corrected chi connectivity index (χ0v) is 9.25. The zero-order valence-electron chi connectivity index (χ0n) is 9.25. The van der Waals surface area contributed by atoms with E-state index in [1.807, 2.05) is 25.1 Å². The van der Waals surface area contributed by atoms with Crippen molar-refractivity contribution in [3.8, 4) is 0 Å². The van der Waals surface area contributed by atoms with Crippen LogP contribution in [0.25, 0.3) is 0 Å². The second kappa shape index (κ2) is 5.44. The summed E-state index contributed by atoms with van der Waals surface area (Å²) in [5, 5.41) is 0. The first-order valence-corrected chi connectivity index (χ1v) is 5.25. The van der Waals surface area contributed by atoms with Crippen molar-refractivity contribution in [3.63, 3.8) is 0 Å². The molecule has 0 fully saturated rings. The molecule has 2 nitrogen and oxygen atoms in total. The molecule has 0 saturated carbocycles. The zero-order chi connectivity index (χ0) is 11.3. The average molecular weight is 204 g/mol. The fourth-order valence-corrected chi connectivity index (χ4v) is 1.60. The minimum absolute atomic E-state index is 0.0231. The van der Waals surface area contributed by atoms with Gasteiger partial charge in [0, 0.05) is 18.4 Å². The monoisotopic (exact) mass is 204 g/mol. The van der Waals surface area contributed by atoms with Crippen LogP contribution in [0, 0.1) is 0 Å². The molecule has 0 radical (unpaired) electrons. The molecule has 15 heavy (non-hydrogen) atoms. The highest BCUT2D eigenvalue weighted by Crippen LogP contribution is 2.11. The summed E-state index contributed by atoms with van der Waals surface area (Å²) in [7, 11) is 0. The molecule has 80 valence electrons. The third-order valence-electron chi connectivity index (χ3n) is 2.31. The van der Waals surface area contributed by atoms with Crippen LogP contribution >= 0.6 is 0 Å². The van der Waals surface area contributed by atoms with Gasteiger partial charge >= 0.3 is 0 Å². The van der Waals surface area contributed by atoms with Crippen molar-refractivity contribution in [2.24, 2.45) is 0 Å². The van der Waals surface area contributed by atoms with Gasteiger partial charge in [-0.15, -0.1) is 0 Å². The minimum Gasteiger partial charge on any atom is -0.299 e. The predicted octanol–water partition coefficient (Wildman–Crippen LogP) is 2.80. The standard InChI is InChI=1S/C13H16O2/c1-3-6-12(15)9-11-7-4-5-8-13(11)10(2)14/h4-5,7-8H,3,6,9H2,1-2H3. The summed E-state index contributed by atoms with van der Waals surface area (Å²) < 4.78 is 0. The molecule has 0 spiro atoms. The Morgan fingerprint density at radius 2 is 1.87 bits per heavy atom. The predicted molar refractivity (Wildman–Crippen MR) is 60.1 cm³/mol. The number of benzene rings is 1. The van der Waals surface area contributed by atoms with Crippen LogP contribution in [0.15, 0.2) is 24.3 Å². The molecule has 1 aromatic rings. The van der Waals surface area contributed by atoms with Crippen molar-refractivity contribution < 1.29 is 9.59 Å². The summed E-state index contributed by atoms with van der Waals surface area (Å²) in [4.78, 5) is 22.8. The van der Waals surface area contributed by atoms with E-state index in [-0.39, 0.29) is 11.6 Å². The second-order valence-corrected chi connectivity index (χ2v) is 3.68. The molecule has 0 heterocycles. The van der Waals surface area contributed by atoms with Gasteiger partial charge in [-0.05, 0) is 18.9 Å². The quantitative estimate of drug-likeness (QED) is 0.691. The summed E-state index contributed by atoms with van der Waals surface area (Å²) in [6, 6.07) is 7.31. The Morgan fingerprint density at radius 1 is 1.20 bits per heavy atom. The number of carbonyl (C=O) groups excluding carboxylic acids is 2. The SMILES string of the molecule is CCCC(=O)Cc1ccccc1C(C)=O. The Hall–Kier alpha value is -1.44. The molecule has 0 unspecified atom stereocenters. The lowest BCUT2D eigenvalue weighted by atomic mass is 9.98. The smallest absolute Gasteiger partial charge is 0.160 e. The Morgan fingerprint density at radius 3 is 2.47 bits per heavy atom. The molecule has 0 amide bonds. The van der Waals surface area contributed by atoms with Gasteiger partial charge in [0.15, 0.2) is 5.78 Å². The molecule has 0 aliphatic carbocycles. The van der Waals surface area contributed by atoms with E-state index in [2.05, 4.69) is 0 Å². The number of carbonyl (C=O) groups is 2.